The van der Waals surface area contributed by atoms with Gasteiger partial charge < -0.3 is 4.90 Å². The zero-order valence-electron chi connectivity index (χ0n) is 11.2. The summed E-state index contributed by atoms with van der Waals surface area (Å²) >= 11 is 6.90. The highest BCUT2D eigenvalue weighted by molar-refractivity contribution is 9.11. The van der Waals surface area contributed by atoms with Crippen LogP contribution in [0.5, 0.6) is 0 Å². The van der Waals surface area contributed by atoms with Crippen molar-refractivity contribution in [2.75, 3.05) is 6.54 Å². The molecule has 1 aromatic rings. The number of halogens is 2. The minimum atomic E-state index is 0.167. The molecule has 19 heavy (non-hydrogen) atoms. The largest absolute Gasteiger partial charge is 0.336 e. The molecule has 0 N–H and O–H groups in total. The Morgan fingerprint density at radius 3 is 2.58 bits per heavy atom. The summed E-state index contributed by atoms with van der Waals surface area (Å²) in [6.45, 7) is 3.08. The number of amides is 1. The Morgan fingerprint density at radius 2 is 1.95 bits per heavy atom. The fourth-order valence-corrected chi connectivity index (χ4v) is 4.04. The number of benzene rings is 1. The third kappa shape index (κ3) is 3.82. The molecule has 1 atom stereocenters. The summed E-state index contributed by atoms with van der Waals surface area (Å²) in [5, 5.41) is 0. The maximum absolute atomic E-state index is 12.7. The fraction of sp³-hybridized carbons (Fsp3) is 0.533. The van der Waals surface area contributed by atoms with Crippen LogP contribution in [0, 0.1) is 0 Å². The van der Waals surface area contributed by atoms with Crippen LogP contribution in [-0.4, -0.2) is 23.4 Å². The third-order valence-electron chi connectivity index (χ3n) is 3.62. The van der Waals surface area contributed by atoms with Gasteiger partial charge in [-0.15, -0.1) is 0 Å². The average Bonchev–Trinajstić information content (AvgIpc) is 2.38. The smallest absolute Gasteiger partial charge is 0.254 e. The average molecular weight is 389 g/mol. The molecule has 1 aromatic carbocycles. The minimum absolute atomic E-state index is 0.167. The number of hydrogen-bond donors (Lipinski definition) is 0. The maximum atomic E-state index is 12.7. The molecule has 0 aromatic heterocycles. The van der Waals surface area contributed by atoms with E-state index in [0.29, 0.717) is 6.04 Å². The molecule has 1 heterocycles. The summed E-state index contributed by atoms with van der Waals surface area (Å²) in [6.07, 6.45) is 5.77. The van der Waals surface area contributed by atoms with Crippen LogP contribution in [0.25, 0.3) is 0 Å². The molecule has 0 radical (unpaired) electrons. The standard InChI is InChI=1S/C15H19Br2NO/c1-2-5-14-6-3-4-7-18(14)15(19)11-8-12(16)10-13(17)9-11/h8-10,14H,2-7H2,1H3. The number of carbonyl (C=O) groups is 1. The summed E-state index contributed by atoms with van der Waals surface area (Å²) in [5.74, 6) is 0.167. The van der Waals surface area contributed by atoms with E-state index in [1.54, 1.807) is 0 Å². The normalized spacial score (nSPS) is 19.5. The number of piperidine rings is 1. The van der Waals surface area contributed by atoms with E-state index in [1.165, 1.54) is 6.42 Å². The number of hydrogen-bond acceptors (Lipinski definition) is 1. The van der Waals surface area contributed by atoms with Crippen LogP contribution in [0.1, 0.15) is 49.4 Å². The van der Waals surface area contributed by atoms with Gasteiger partial charge in [-0.2, -0.15) is 0 Å². The van der Waals surface area contributed by atoms with Crippen LogP contribution in [-0.2, 0) is 0 Å². The lowest BCUT2D eigenvalue weighted by molar-refractivity contribution is 0.0600. The van der Waals surface area contributed by atoms with Crippen molar-refractivity contribution in [1.29, 1.82) is 0 Å². The van der Waals surface area contributed by atoms with E-state index >= 15 is 0 Å². The number of likely N-dealkylation sites (tertiary alicyclic amines) is 1. The van der Waals surface area contributed by atoms with E-state index in [2.05, 4.69) is 43.7 Å². The van der Waals surface area contributed by atoms with Gasteiger partial charge in [-0.25, -0.2) is 0 Å². The molecule has 0 bridgehead atoms. The van der Waals surface area contributed by atoms with Crippen molar-refractivity contribution in [3.05, 3.63) is 32.7 Å². The first-order valence-corrected chi connectivity index (χ1v) is 8.47. The molecule has 1 saturated heterocycles. The second kappa shape index (κ2) is 6.89. The maximum Gasteiger partial charge on any atom is 0.254 e. The Morgan fingerprint density at radius 1 is 1.26 bits per heavy atom. The topological polar surface area (TPSA) is 20.3 Å². The lowest BCUT2D eigenvalue weighted by Crippen LogP contribution is -2.43. The summed E-state index contributed by atoms with van der Waals surface area (Å²) in [4.78, 5) is 14.7. The molecule has 0 aliphatic carbocycles. The number of nitrogens with zero attached hydrogens (tertiary/aromatic N) is 1. The van der Waals surface area contributed by atoms with E-state index < -0.39 is 0 Å². The molecule has 0 spiro atoms. The highest BCUT2D eigenvalue weighted by Gasteiger charge is 2.26. The first-order valence-electron chi connectivity index (χ1n) is 6.89. The second-order valence-electron chi connectivity index (χ2n) is 5.09. The van der Waals surface area contributed by atoms with E-state index in [0.717, 1.165) is 46.7 Å². The van der Waals surface area contributed by atoms with Gasteiger partial charge in [0.1, 0.15) is 0 Å². The second-order valence-corrected chi connectivity index (χ2v) is 6.93. The van der Waals surface area contributed by atoms with E-state index in [4.69, 9.17) is 0 Å². The Kier molecular flexibility index (Phi) is 5.46. The molecule has 104 valence electrons. The Hall–Kier alpha value is -0.350. The zero-order chi connectivity index (χ0) is 13.8. The summed E-state index contributed by atoms with van der Waals surface area (Å²) in [5.41, 5.74) is 0.768. The van der Waals surface area contributed by atoms with Crippen LogP contribution < -0.4 is 0 Å². The highest BCUT2D eigenvalue weighted by atomic mass is 79.9. The minimum Gasteiger partial charge on any atom is -0.336 e. The van der Waals surface area contributed by atoms with Crippen molar-refractivity contribution in [2.45, 2.75) is 45.1 Å². The van der Waals surface area contributed by atoms with Crippen molar-refractivity contribution in [3.63, 3.8) is 0 Å². The summed E-state index contributed by atoms with van der Waals surface area (Å²) in [7, 11) is 0. The van der Waals surface area contributed by atoms with Gasteiger partial charge in [-0.3, -0.25) is 4.79 Å². The monoisotopic (exact) mass is 387 g/mol. The van der Waals surface area contributed by atoms with Crippen molar-refractivity contribution in [3.8, 4) is 0 Å². The molecule has 2 rings (SSSR count). The fourth-order valence-electron chi connectivity index (χ4n) is 2.74. The third-order valence-corrected chi connectivity index (χ3v) is 4.54. The molecule has 4 heteroatoms. The van der Waals surface area contributed by atoms with Gasteiger partial charge >= 0.3 is 0 Å². The van der Waals surface area contributed by atoms with Crippen LogP contribution in [0.3, 0.4) is 0 Å². The zero-order valence-corrected chi connectivity index (χ0v) is 14.3. The Labute approximate surface area is 131 Å². The van der Waals surface area contributed by atoms with Gasteiger partial charge in [-0.05, 0) is 43.9 Å². The van der Waals surface area contributed by atoms with Gasteiger partial charge in [0, 0.05) is 27.1 Å². The van der Waals surface area contributed by atoms with Crippen LogP contribution >= 0.6 is 31.9 Å². The van der Waals surface area contributed by atoms with Gasteiger partial charge in [0.05, 0.1) is 0 Å². The number of carbonyl (C=O) groups excluding carboxylic acids is 1. The van der Waals surface area contributed by atoms with Gasteiger partial charge in [0.25, 0.3) is 5.91 Å². The van der Waals surface area contributed by atoms with Crippen molar-refractivity contribution < 1.29 is 4.79 Å². The Bertz CT molecular complexity index is 439. The molecule has 1 aliphatic rings. The van der Waals surface area contributed by atoms with Gasteiger partial charge in [0.15, 0.2) is 0 Å². The number of rotatable bonds is 3. The molecule has 1 aliphatic heterocycles. The molecular formula is C15H19Br2NO. The van der Waals surface area contributed by atoms with Crippen molar-refractivity contribution >= 4 is 37.8 Å². The van der Waals surface area contributed by atoms with Crippen LogP contribution in [0.15, 0.2) is 27.1 Å². The van der Waals surface area contributed by atoms with E-state index in [-0.39, 0.29) is 5.91 Å². The Balaban J connectivity index is 2.20. The lowest BCUT2D eigenvalue weighted by atomic mass is 9.97. The van der Waals surface area contributed by atoms with Crippen LogP contribution in [0.2, 0.25) is 0 Å². The SMILES string of the molecule is CCCC1CCCCN1C(=O)c1cc(Br)cc(Br)c1. The summed E-state index contributed by atoms with van der Waals surface area (Å²) < 4.78 is 1.88. The summed E-state index contributed by atoms with van der Waals surface area (Å²) in [6, 6.07) is 6.19. The predicted octanol–water partition coefficient (Wildman–Crippen LogP) is 5.01. The molecule has 0 saturated carbocycles. The molecule has 1 amide bonds. The molecular weight excluding hydrogens is 370 g/mol. The highest BCUT2D eigenvalue weighted by Crippen LogP contribution is 2.26. The van der Waals surface area contributed by atoms with Crippen molar-refractivity contribution in [1.82, 2.24) is 4.90 Å². The molecule has 1 unspecified atom stereocenters. The molecule has 1 fully saturated rings. The van der Waals surface area contributed by atoms with E-state index in [1.807, 2.05) is 18.2 Å². The first kappa shape index (κ1) is 15.0. The van der Waals surface area contributed by atoms with Gasteiger partial charge in [-0.1, -0.05) is 45.2 Å². The quantitative estimate of drug-likeness (QED) is 0.712. The van der Waals surface area contributed by atoms with Gasteiger partial charge in [0.2, 0.25) is 0 Å². The van der Waals surface area contributed by atoms with Crippen LogP contribution in [0.4, 0.5) is 0 Å². The van der Waals surface area contributed by atoms with E-state index in [9.17, 15) is 4.79 Å². The van der Waals surface area contributed by atoms with Crippen molar-refractivity contribution in [2.24, 2.45) is 0 Å². The predicted molar refractivity (Wildman–Crippen MR) is 85.4 cm³/mol. The first-order chi connectivity index (χ1) is 9.11. The molecule has 2 nitrogen and oxygen atoms in total. The lowest BCUT2D eigenvalue weighted by Gasteiger charge is -2.36.